The molecule has 0 saturated carbocycles. The van der Waals surface area contributed by atoms with Crippen molar-refractivity contribution in [2.24, 2.45) is 0 Å². The van der Waals surface area contributed by atoms with E-state index in [1.807, 2.05) is 0 Å². The van der Waals surface area contributed by atoms with E-state index in [4.69, 9.17) is 9.84 Å². The van der Waals surface area contributed by atoms with E-state index in [1.54, 1.807) is 0 Å². The van der Waals surface area contributed by atoms with Gasteiger partial charge < -0.3 is 30.3 Å². The van der Waals surface area contributed by atoms with Crippen molar-refractivity contribution in [3.63, 3.8) is 0 Å². The monoisotopic (exact) mass is 479 g/mol. The van der Waals surface area contributed by atoms with E-state index < -0.39 is 12.2 Å². The molecule has 2 atom stereocenters. The lowest BCUT2D eigenvalue weighted by Crippen LogP contribution is -2.45. The van der Waals surface area contributed by atoms with E-state index in [1.165, 1.54) is 23.2 Å². The number of β-amino-alcohol motifs (C(OH)–C–C–N with tert-alkyl or cyclic N) is 2. The largest absolute Gasteiger partial charge is 0.400 e. The third-order valence-electron chi connectivity index (χ3n) is 5.62. The maximum atomic E-state index is 9.87. The van der Waals surface area contributed by atoms with Gasteiger partial charge in [-0.2, -0.15) is 0 Å². The molecule has 2 aliphatic heterocycles. The molecule has 4 N–H and O–H groups in total. The number of rotatable bonds is 6. The average molecular weight is 480 g/mol. The summed E-state index contributed by atoms with van der Waals surface area (Å²) in [5.74, 6) is 0. The van der Waals surface area contributed by atoms with Gasteiger partial charge in [-0.1, -0.05) is 24.3 Å². The van der Waals surface area contributed by atoms with Crippen molar-refractivity contribution in [1.29, 1.82) is 0 Å². The molecule has 7 nitrogen and oxygen atoms in total. The first-order valence-electron chi connectivity index (χ1n) is 11.3. The molecule has 0 radical (unpaired) electrons. The number of alkyl halides is 1. The Bertz CT molecular complexity index is 777. The summed E-state index contributed by atoms with van der Waals surface area (Å²) in [7, 11) is 1.00. The molecule has 0 bridgehead atoms. The second-order valence-electron chi connectivity index (χ2n) is 8.06. The van der Waals surface area contributed by atoms with Crippen molar-refractivity contribution in [1.82, 2.24) is 4.90 Å². The lowest BCUT2D eigenvalue weighted by atomic mass is 10.0. The van der Waals surface area contributed by atoms with Gasteiger partial charge >= 0.3 is 0 Å². The Morgan fingerprint density at radius 3 is 2.18 bits per heavy atom. The van der Waals surface area contributed by atoms with Crippen LogP contribution in [0.4, 0.5) is 11.4 Å². The highest BCUT2D eigenvalue weighted by Gasteiger charge is 2.24. The molecule has 0 spiro atoms. The number of halogens is 1. The van der Waals surface area contributed by atoms with Crippen LogP contribution in [-0.2, 0) is 17.8 Å². The molecular formula is C25H38ClN3O4. The normalized spacial score (nSPS) is 20.7. The molecule has 0 amide bonds. The Balaban J connectivity index is 0.000000914. The van der Waals surface area contributed by atoms with Crippen molar-refractivity contribution in [2.45, 2.75) is 31.7 Å². The van der Waals surface area contributed by atoms with Gasteiger partial charge in [0.2, 0.25) is 0 Å². The van der Waals surface area contributed by atoms with E-state index in [2.05, 4.69) is 75.2 Å². The Hall–Kier alpha value is -1.87. The zero-order valence-corrected chi connectivity index (χ0v) is 20.4. The maximum Gasteiger partial charge on any atom is 0.0692 e. The zero-order valence-electron chi connectivity index (χ0n) is 19.7. The van der Waals surface area contributed by atoms with Gasteiger partial charge in [-0.15, -0.1) is 11.6 Å². The SMILES string of the molecule is CCl.CO.OC1CC(O)CN(Cc2cccc(CNc3ccc(N4CCOCC4)cc3)c2)C1. The van der Waals surface area contributed by atoms with Gasteiger partial charge in [0.15, 0.2) is 0 Å². The van der Waals surface area contributed by atoms with Crippen LogP contribution in [0.2, 0.25) is 0 Å². The summed E-state index contributed by atoms with van der Waals surface area (Å²) in [6.07, 6.45) is 1.07. The minimum atomic E-state index is -0.441. The van der Waals surface area contributed by atoms with Gasteiger partial charge in [0.05, 0.1) is 25.4 Å². The molecule has 8 heteroatoms. The molecule has 4 rings (SSSR count). The van der Waals surface area contributed by atoms with E-state index >= 15 is 0 Å². The number of nitrogens with zero attached hydrogens (tertiary/aromatic N) is 2. The highest BCUT2D eigenvalue weighted by molar-refractivity contribution is 6.15. The van der Waals surface area contributed by atoms with Gasteiger partial charge in [0.25, 0.3) is 0 Å². The molecule has 2 aromatic carbocycles. The van der Waals surface area contributed by atoms with Crippen LogP contribution in [0.1, 0.15) is 17.5 Å². The van der Waals surface area contributed by atoms with Crippen LogP contribution in [0.15, 0.2) is 48.5 Å². The second kappa shape index (κ2) is 15.1. The van der Waals surface area contributed by atoms with E-state index in [9.17, 15) is 10.2 Å². The van der Waals surface area contributed by atoms with Crippen molar-refractivity contribution in [3.05, 3.63) is 59.7 Å². The van der Waals surface area contributed by atoms with Gasteiger partial charge in [-0.05, 0) is 35.4 Å². The van der Waals surface area contributed by atoms with Crippen LogP contribution >= 0.6 is 11.6 Å². The maximum absolute atomic E-state index is 9.87. The number of likely N-dealkylation sites (tertiary alicyclic amines) is 1. The van der Waals surface area contributed by atoms with Crippen molar-refractivity contribution in [2.75, 3.05) is 63.1 Å². The second-order valence-corrected chi connectivity index (χ2v) is 8.06. The number of hydrogen-bond acceptors (Lipinski definition) is 7. The molecular weight excluding hydrogens is 442 g/mol. The third-order valence-corrected chi connectivity index (χ3v) is 5.62. The quantitative estimate of drug-likeness (QED) is 0.473. The fraction of sp³-hybridized carbons (Fsp3) is 0.520. The highest BCUT2D eigenvalue weighted by Crippen LogP contribution is 2.20. The van der Waals surface area contributed by atoms with Crippen LogP contribution in [0.3, 0.4) is 0 Å². The van der Waals surface area contributed by atoms with Crippen LogP contribution in [-0.4, -0.2) is 85.3 Å². The Labute approximate surface area is 202 Å². The first-order valence-corrected chi connectivity index (χ1v) is 12.1. The lowest BCUT2D eigenvalue weighted by Gasteiger charge is -2.33. The molecule has 2 heterocycles. The Morgan fingerprint density at radius 2 is 1.55 bits per heavy atom. The average Bonchev–Trinajstić information content (AvgIpc) is 2.86. The minimum absolute atomic E-state index is 0.441. The molecule has 184 valence electrons. The molecule has 2 fully saturated rings. The summed E-state index contributed by atoms with van der Waals surface area (Å²) in [6, 6.07) is 17.1. The molecule has 0 aromatic heterocycles. The molecule has 2 unspecified atom stereocenters. The van der Waals surface area contributed by atoms with Gasteiger partial charge in [0, 0.05) is 70.6 Å². The molecule has 2 aromatic rings. The highest BCUT2D eigenvalue weighted by atomic mass is 35.5. The Morgan fingerprint density at radius 1 is 0.939 bits per heavy atom. The first kappa shape index (κ1) is 27.4. The molecule has 33 heavy (non-hydrogen) atoms. The summed E-state index contributed by atoms with van der Waals surface area (Å²) in [5, 5.41) is 30.2. The Kier molecular flexibility index (Phi) is 12.5. The lowest BCUT2D eigenvalue weighted by molar-refractivity contribution is -0.0110. The topological polar surface area (TPSA) is 88.4 Å². The van der Waals surface area contributed by atoms with E-state index in [0.29, 0.717) is 19.5 Å². The van der Waals surface area contributed by atoms with Crippen molar-refractivity contribution >= 4 is 23.0 Å². The molecule has 2 aliphatic rings. The van der Waals surface area contributed by atoms with Gasteiger partial charge in [-0.3, -0.25) is 4.90 Å². The summed E-state index contributed by atoms with van der Waals surface area (Å²) in [4.78, 5) is 4.47. The number of benzene rings is 2. The molecule has 2 saturated heterocycles. The number of morpholine rings is 1. The number of aliphatic hydroxyl groups excluding tert-OH is 3. The predicted molar refractivity (Wildman–Crippen MR) is 135 cm³/mol. The van der Waals surface area contributed by atoms with Crippen LogP contribution < -0.4 is 10.2 Å². The third kappa shape index (κ3) is 9.12. The number of aliphatic hydroxyl groups is 3. The van der Waals surface area contributed by atoms with E-state index in [-0.39, 0.29) is 0 Å². The number of piperidine rings is 1. The fourth-order valence-electron chi connectivity index (χ4n) is 4.17. The number of ether oxygens (including phenoxy) is 1. The first-order chi connectivity index (χ1) is 16.2. The van der Waals surface area contributed by atoms with Crippen LogP contribution in [0.25, 0.3) is 0 Å². The number of hydrogen-bond donors (Lipinski definition) is 4. The fourth-order valence-corrected chi connectivity index (χ4v) is 4.17. The van der Waals surface area contributed by atoms with Crippen molar-refractivity contribution < 1.29 is 20.1 Å². The summed E-state index contributed by atoms with van der Waals surface area (Å²) in [5.41, 5.74) is 4.77. The van der Waals surface area contributed by atoms with Crippen molar-refractivity contribution in [3.8, 4) is 0 Å². The minimum Gasteiger partial charge on any atom is -0.400 e. The smallest absolute Gasteiger partial charge is 0.0692 e. The van der Waals surface area contributed by atoms with Crippen LogP contribution in [0, 0.1) is 0 Å². The van der Waals surface area contributed by atoms with E-state index in [0.717, 1.165) is 52.2 Å². The zero-order chi connectivity index (χ0) is 24.1. The molecule has 0 aliphatic carbocycles. The van der Waals surface area contributed by atoms with Crippen LogP contribution in [0.5, 0.6) is 0 Å². The predicted octanol–water partition coefficient (Wildman–Crippen LogP) is 2.53. The van der Waals surface area contributed by atoms with Gasteiger partial charge in [0.1, 0.15) is 0 Å². The van der Waals surface area contributed by atoms with Gasteiger partial charge in [-0.25, -0.2) is 0 Å². The summed E-state index contributed by atoms with van der Waals surface area (Å²) in [6.45, 7) is 6.24. The number of nitrogens with one attached hydrogen (secondary N) is 1. The summed E-state index contributed by atoms with van der Waals surface area (Å²) < 4.78 is 5.42. The number of anilines is 2. The summed E-state index contributed by atoms with van der Waals surface area (Å²) >= 11 is 4.64. The standard InChI is InChI=1S/C23H31N3O3.CH3Cl.CH4O/c27-22-13-23(28)17-25(16-22)15-19-3-1-2-18(12-19)14-24-20-4-6-21(7-5-20)26-8-10-29-11-9-26;2*1-2/h1-7,12,22-24,27-28H,8-11,13-17H2;1H3;2H,1H3.